The van der Waals surface area contributed by atoms with Crippen molar-refractivity contribution < 1.29 is 23.1 Å². The van der Waals surface area contributed by atoms with Gasteiger partial charge in [0, 0.05) is 19.1 Å². The molecule has 2 amide bonds. The van der Waals surface area contributed by atoms with Gasteiger partial charge in [0.1, 0.15) is 18.3 Å². The highest BCUT2D eigenvalue weighted by atomic mass is 19.1. The number of benzene rings is 2. The van der Waals surface area contributed by atoms with Gasteiger partial charge in [0.05, 0.1) is 30.8 Å². The molecule has 3 N–H and O–H groups in total. The van der Waals surface area contributed by atoms with E-state index in [0.29, 0.717) is 18.8 Å². The van der Waals surface area contributed by atoms with Crippen molar-refractivity contribution in [3.05, 3.63) is 71.6 Å². The second-order valence-corrected chi connectivity index (χ2v) is 11.7. The summed E-state index contributed by atoms with van der Waals surface area (Å²) in [7, 11) is 0. The first-order chi connectivity index (χ1) is 19.5. The van der Waals surface area contributed by atoms with E-state index in [1.165, 1.54) is 0 Å². The minimum absolute atomic E-state index is 0.00977. The summed E-state index contributed by atoms with van der Waals surface area (Å²) in [6.45, 7) is 5.81. The van der Waals surface area contributed by atoms with E-state index < -0.39 is 35.8 Å². The zero-order valence-corrected chi connectivity index (χ0v) is 23.8. The highest BCUT2D eigenvalue weighted by Gasteiger charge is 2.42. The van der Waals surface area contributed by atoms with E-state index >= 15 is 0 Å². The average molecular weight is 573 g/mol. The molecule has 41 heavy (non-hydrogen) atoms. The van der Waals surface area contributed by atoms with Gasteiger partial charge in [-0.25, -0.2) is 27.6 Å². The molecule has 3 atom stereocenters. The predicted octanol–water partition coefficient (Wildman–Crippen LogP) is 4.92. The van der Waals surface area contributed by atoms with Gasteiger partial charge < -0.3 is 20.6 Å². The lowest BCUT2D eigenvalue weighted by atomic mass is 9.84. The van der Waals surface area contributed by atoms with Crippen molar-refractivity contribution in [1.29, 1.82) is 0 Å². The molecule has 11 heteroatoms. The molecule has 8 nitrogen and oxygen atoms in total. The van der Waals surface area contributed by atoms with Gasteiger partial charge in [0.25, 0.3) is 0 Å². The predicted molar refractivity (Wildman–Crippen MR) is 151 cm³/mol. The van der Waals surface area contributed by atoms with Crippen LogP contribution in [0.5, 0.6) is 0 Å². The lowest BCUT2D eigenvalue weighted by Gasteiger charge is -2.42. The molecule has 222 valence electrons. The Morgan fingerprint density at radius 1 is 1.20 bits per heavy atom. The zero-order chi connectivity index (χ0) is 29.7. The SMILES string of the molecule is CC(C)(C)C(c1nc(-c2cc(F)ccc2F)nn1Cc1ccccc1)N(CC[C@@H](N)CF)C(=O)N1CCC[C@H]1CO. The van der Waals surface area contributed by atoms with Crippen molar-refractivity contribution in [2.45, 2.75) is 64.7 Å². The van der Waals surface area contributed by atoms with Crippen LogP contribution in [0.4, 0.5) is 18.0 Å². The van der Waals surface area contributed by atoms with Crippen LogP contribution in [0.25, 0.3) is 11.4 Å². The second-order valence-electron chi connectivity index (χ2n) is 11.7. The highest BCUT2D eigenvalue weighted by molar-refractivity contribution is 5.76. The fourth-order valence-electron chi connectivity index (χ4n) is 5.37. The van der Waals surface area contributed by atoms with Gasteiger partial charge in [-0.1, -0.05) is 51.1 Å². The number of carbonyl (C=O) groups excluding carboxylic acids is 1. The standard InChI is InChI=1S/C30H39F3N6O2/c1-30(2,3)26(38(15-13-22(34)17-31)29(41)37-14-7-10-23(37)19-40)28-35-27(24-16-21(32)11-12-25(24)33)36-39(28)18-20-8-5-4-6-9-20/h4-6,8-9,11-12,16,22-23,26,40H,7,10,13-15,17-19,34H2,1-3H3/t22-,23+,26?/m1/s1. The number of nitrogens with zero attached hydrogens (tertiary/aromatic N) is 5. The van der Waals surface area contributed by atoms with Crippen molar-refractivity contribution in [2.75, 3.05) is 26.4 Å². The molecule has 0 spiro atoms. The van der Waals surface area contributed by atoms with E-state index in [1.54, 1.807) is 14.5 Å². The number of halogens is 3. The molecule has 1 saturated heterocycles. The largest absolute Gasteiger partial charge is 0.394 e. The number of aliphatic hydroxyl groups is 1. The topological polar surface area (TPSA) is 101 Å². The summed E-state index contributed by atoms with van der Waals surface area (Å²) in [6.07, 6.45) is 1.63. The summed E-state index contributed by atoms with van der Waals surface area (Å²) < 4.78 is 44.1. The summed E-state index contributed by atoms with van der Waals surface area (Å²) in [6, 6.07) is 10.5. The van der Waals surface area contributed by atoms with E-state index in [9.17, 15) is 23.1 Å². The van der Waals surface area contributed by atoms with Crippen LogP contribution >= 0.6 is 0 Å². The first kappa shape index (κ1) is 30.5. The number of carbonyl (C=O) groups is 1. The summed E-state index contributed by atoms with van der Waals surface area (Å²) in [4.78, 5) is 22.2. The Morgan fingerprint density at radius 3 is 2.59 bits per heavy atom. The molecule has 1 aliphatic rings. The van der Waals surface area contributed by atoms with Gasteiger partial charge in [0.2, 0.25) is 0 Å². The molecule has 0 radical (unpaired) electrons. The second kappa shape index (κ2) is 13.0. The third-order valence-corrected chi connectivity index (χ3v) is 7.44. The summed E-state index contributed by atoms with van der Waals surface area (Å²) in [5.41, 5.74) is 6.12. The molecule has 1 aliphatic heterocycles. The monoisotopic (exact) mass is 572 g/mol. The third-order valence-electron chi connectivity index (χ3n) is 7.44. The molecule has 0 aliphatic carbocycles. The normalized spacial score (nSPS) is 17.1. The number of aromatic nitrogens is 3. The highest BCUT2D eigenvalue weighted by Crippen LogP contribution is 2.40. The van der Waals surface area contributed by atoms with Gasteiger partial charge in [-0.05, 0) is 48.4 Å². The van der Waals surface area contributed by atoms with Crippen LogP contribution in [-0.4, -0.2) is 74.2 Å². The average Bonchev–Trinajstić information content (AvgIpc) is 3.58. The van der Waals surface area contributed by atoms with Gasteiger partial charge in [-0.15, -0.1) is 0 Å². The smallest absolute Gasteiger partial charge is 0.320 e. The maximum atomic E-state index is 14.9. The van der Waals surface area contributed by atoms with Crippen molar-refractivity contribution >= 4 is 6.03 Å². The summed E-state index contributed by atoms with van der Waals surface area (Å²) >= 11 is 0. The number of hydrogen-bond acceptors (Lipinski definition) is 5. The molecule has 0 saturated carbocycles. The molecule has 1 unspecified atom stereocenters. The minimum atomic E-state index is -0.766. The Bertz CT molecular complexity index is 1310. The Morgan fingerprint density at radius 2 is 1.93 bits per heavy atom. The molecular formula is C30H39F3N6O2. The Labute approximate surface area is 239 Å². The van der Waals surface area contributed by atoms with Crippen molar-refractivity contribution in [3.63, 3.8) is 0 Å². The van der Waals surface area contributed by atoms with Crippen LogP contribution in [0.1, 0.15) is 57.5 Å². The number of urea groups is 1. The van der Waals surface area contributed by atoms with Gasteiger partial charge in [-0.3, -0.25) is 0 Å². The molecular weight excluding hydrogens is 533 g/mol. The van der Waals surface area contributed by atoms with Crippen LogP contribution in [0.3, 0.4) is 0 Å². The van der Waals surface area contributed by atoms with E-state index in [2.05, 4.69) is 5.10 Å². The minimum Gasteiger partial charge on any atom is -0.394 e. The number of aliphatic hydroxyl groups excluding tert-OH is 1. The maximum Gasteiger partial charge on any atom is 0.320 e. The molecule has 2 aromatic carbocycles. The number of hydrogen-bond donors (Lipinski definition) is 2. The van der Waals surface area contributed by atoms with E-state index in [1.807, 2.05) is 51.1 Å². The lowest BCUT2D eigenvalue weighted by Crippen LogP contribution is -2.52. The molecule has 4 rings (SSSR count). The molecule has 1 aromatic heterocycles. The first-order valence-corrected chi connectivity index (χ1v) is 14.0. The van der Waals surface area contributed by atoms with E-state index in [0.717, 1.165) is 30.2 Å². The summed E-state index contributed by atoms with van der Waals surface area (Å²) in [5.74, 6) is -0.936. The summed E-state index contributed by atoms with van der Waals surface area (Å²) in [5, 5.41) is 14.6. The Hall–Kier alpha value is -3.44. The quantitative estimate of drug-likeness (QED) is 0.359. The van der Waals surface area contributed by atoms with Crippen molar-refractivity contribution in [2.24, 2.45) is 11.1 Å². The molecule has 0 bridgehead atoms. The van der Waals surface area contributed by atoms with Gasteiger partial charge in [0.15, 0.2) is 11.6 Å². The molecule has 1 fully saturated rings. The number of amides is 2. The lowest BCUT2D eigenvalue weighted by molar-refractivity contribution is 0.0704. The Balaban J connectivity index is 1.87. The van der Waals surface area contributed by atoms with Crippen LogP contribution in [0.2, 0.25) is 0 Å². The molecule has 3 aromatic rings. The number of nitrogens with two attached hydrogens (primary N) is 1. The van der Waals surface area contributed by atoms with E-state index in [-0.39, 0.29) is 49.6 Å². The van der Waals surface area contributed by atoms with Gasteiger partial charge in [-0.2, -0.15) is 5.10 Å². The number of rotatable bonds is 10. The zero-order valence-electron chi connectivity index (χ0n) is 23.8. The fraction of sp³-hybridized carbons (Fsp3) is 0.500. The van der Waals surface area contributed by atoms with Crippen LogP contribution < -0.4 is 5.73 Å². The maximum absolute atomic E-state index is 14.9. The number of likely N-dealkylation sites (tertiary alicyclic amines) is 1. The Kier molecular flexibility index (Phi) is 9.70. The first-order valence-electron chi connectivity index (χ1n) is 14.0. The fourth-order valence-corrected chi connectivity index (χ4v) is 5.37. The van der Waals surface area contributed by atoms with Crippen LogP contribution in [0, 0.1) is 17.0 Å². The van der Waals surface area contributed by atoms with Crippen molar-refractivity contribution in [1.82, 2.24) is 24.6 Å². The molecule has 2 heterocycles. The number of alkyl halides is 1. The van der Waals surface area contributed by atoms with Crippen LogP contribution in [-0.2, 0) is 6.54 Å². The third kappa shape index (κ3) is 7.08. The van der Waals surface area contributed by atoms with Crippen molar-refractivity contribution in [3.8, 4) is 11.4 Å². The van der Waals surface area contributed by atoms with Gasteiger partial charge >= 0.3 is 6.03 Å². The van der Waals surface area contributed by atoms with Crippen LogP contribution in [0.15, 0.2) is 48.5 Å². The van der Waals surface area contributed by atoms with E-state index in [4.69, 9.17) is 10.7 Å².